The van der Waals surface area contributed by atoms with Gasteiger partial charge in [-0.05, 0) is 44.1 Å². The Morgan fingerprint density at radius 3 is 2.75 bits per heavy atom. The van der Waals surface area contributed by atoms with Crippen LogP contribution in [0.5, 0.6) is 0 Å². The lowest BCUT2D eigenvalue weighted by molar-refractivity contribution is 0.156. The van der Waals surface area contributed by atoms with Gasteiger partial charge in [0.25, 0.3) is 0 Å². The van der Waals surface area contributed by atoms with E-state index in [9.17, 15) is 0 Å². The third kappa shape index (κ3) is 4.45. The van der Waals surface area contributed by atoms with Crippen LogP contribution in [-0.2, 0) is 4.74 Å². The second-order valence-corrected chi connectivity index (χ2v) is 5.88. The minimum Gasteiger partial charge on any atom is -0.380 e. The van der Waals surface area contributed by atoms with E-state index in [2.05, 4.69) is 36.3 Å². The number of benzene rings is 1. The second-order valence-electron chi connectivity index (χ2n) is 5.45. The second kappa shape index (κ2) is 7.99. The third-order valence-electron chi connectivity index (χ3n) is 4.02. The number of ether oxygens (including phenoxy) is 1. The summed E-state index contributed by atoms with van der Waals surface area (Å²) in [5.41, 5.74) is 1.31. The van der Waals surface area contributed by atoms with Crippen LogP contribution in [0.15, 0.2) is 24.3 Å². The molecule has 1 saturated heterocycles. The molecule has 3 nitrogen and oxygen atoms in total. The molecule has 0 aromatic heterocycles. The fourth-order valence-corrected chi connectivity index (χ4v) is 2.84. The van der Waals surface area contributed by atoms with Gasteiger partial charge in [0.15, 0.2) is 0 Å². The lowest BCUT2D eigenvalue weighted by Crippen LogP contribution is -2.35. The number of hydrogen-bond donors (Lipinski definition) is 1. The molecular weight excluding hydrogens is 272 g/mol. The molecule has 0 amide bonds. The molecule has 1 N–H and O–H groups in total. The summed E-state index contributed by atoms with van der Waals surface area (Å²) in [6, 6.07) is 9.15. The maximum absolute atomic E-state index is 5.96. The van der Waals surface area contributed by atoms with E-state index in [1.165, 1.54) is 5.56 Å². The standard InChI is InChI=1S/C16H25ClN2O/c1-3-18-16(13-4-6-14(17)7-5-13)8-10-19(2)15-9-11-20-12-15/h4-7,15-16,18H,3,8-12H2,1-2H3. The van der Waals surface area contributed by atoms with Gasteiger partial charge in [-0.2, -0.15) is 0 Å². The molecule has 4 heteroatoms. The zero-order valence-corrected chi connectivity index (χ0v) is 13.2. The maximum atomic E-state index is 5.96. The Morgan fingerprint density at radius 1 is 1.40 bits per heavy atom. The van der Waals surface area contributed by atoms with Crippen molar-refractivity contribution in [1.29, 1.82) is 0 Å². The summed E-state index contributed by atoms with van der Waals surface area (Å²) in [5, 5.41) is 4.36. The van der Waals surface area contributed by atoms with E-state index >= 15 is 0 Å². The number of nitrogens with zero attached hydrogens (tertiary/aromatic N) is 1. The van der Waals surface area contributed by atoms with Gasteiger partial charge in [-0.1, -0.05) is 30.7 Å². The van der Waals surface area contributed by atoms with E-state index < -0.39 is 0 Å². The van der Waals surface area contributed by atoms with Crippen LogP contribution in [0.25, 0.3) is 0 Å². The molecule has 1 fully saturated rings. The van der Waals surface area contributed by atoms with Crippen molar-refractivity contribution in [1.82, 2.24) is 10.2 Å². The van der Waals surface area contributed by atoms with Gasteiger partial charge in [-0.25, -0.2) is 0 Å². The van der Waals surface area contributed by atoms with E-state index in [4.69, 9.17) is 16.3 Å². The van der Waals surface area contributed by atoms with Gasteiger partial charge < -0.3 is 15.0 Å². The zero-order valence-electron chi connectivity index (χ0n) is 12.4. The Bertz CT molecular complexity index is 390. The van der Waals surface area contributed by atoms with Crippen LogP contribution >= 0.6 is 11.6 Å². The summed E-state index contributed by atoms with van der Waals surface area (Å²) in [6.45, 7) is 5.99. The van der Waals surface area contributed by atoms with Crippen LogP contribution in [0.2, 0.25) is 5.02 Å². The summed E-state index contributed by atoms with van der Waals surface area (Å²) < 4.78 is 5.46. The fourth-order valence-electron chi connectivity index (χ4n) is 2.71. The highest BCUT2D eigenvalue weighted by Gasteiger charge is 2.21. The molecule has 0 bridgehead atoms. The van der Waals surface area contributed by atoms with Crippen LogP contribution < -0.4 is 5.32 Å². The van der Waals surface area contributed by atoms with Crippen molar-refractivity contribution in [3.8, 4) is 0 Å². The molecule has 2 atom stereocenters. The average Bonchev–Trinajstić information content (AvgIpc) is 2.98. The van der Waals surface area contributed by atoms with Gasteiger partial charge in [-0.15, -0.1) is 0 Å². The van der Waals surface area contributed by atoms with Crippen molar-refractivity contribution < 1.29 is 4.74 Å². The predicted octanol–water partition coefficient (Wildman–Crippen LogP) is 3.10. The van der Waals surface area contributed by atoms with E-state index in [1.807, 2.05) is 12.1 Å². The summed E-state index contributed by atoms with van der Waals surface area (Å²) in [5.74, 6) is 0. The molecule has 0 saturated carbocycles. The highest BCUT2D eigenvalue weighted by atomic mass is 35.5. The summed E-state index contributed by atoms with van der Waals surface area (Å²) in [4.78, 5) is 2.42. The van der Waals surface area contributed by atoms with Gasteiger partial charge in [0.1, 0.15) is 0 Å². The minimum absolute atomic E-state index is 0.391. The maximum Gasteiger partial charge on any atom is 0.0622 e. The molecule has 0 spiro atoms. The van der Waals surface area contributed by atoms with Crippen LogP contribution in [-0.4, -0.2) is 44.3 Å². The molecule has 0 aliphatic carbocycles. The molecule has 1 aliphatic rings. The van der Waals surface area contributed by atoms with E-state index in [-0.39, 0.29) is 0 Å². The van der Waals surface area contributed by atoms with Crippen LogP contribution in [0.4, 0.5) is 0 Å². The molecule has 112 valence electrons. The van der Waals surface area contributed by atoms with Crippen molar-refractivity contribution >= 4 is 11.6 Å². The number of nitrogens with one attached hydrogen (secondary N) is 1. The highest BCUT2D eigenvalue weighted by Crippen LogP contribution is 2.20. The highest BCUT2D eigenvalue weighted by molar-refractivity contribution is 6.30. The molecule has 20 heavy (non-hydrogen) atoms. The Morgan fingerprint density at radius 2 is 2.15 bits per heavy atom. The Hall–Kier alpha value is -0.610. The van der Waals surface area contributed by atoms with E-state index in [0.29, 0.717) is 12.1 Å². The van der Waals surface area contributed by atoms with Gasteiger partial charge in [0, 0.05) is 30.3 Å². The van der Waals surface area contributed by atoms with Crippen molar-refractivity contribution in [2.45, 2.75) is 31.8 Å². The first-order chi connectivity index (χ1) is 9.70. The average molecular weight is 297 g/mol. The fraction of sp³-hybridized carbons (Fsp3) is 0.625. The Balaban J connectivity index is 1.89. The summed E-state index contributed by atoms with van der Waals surface area (Å²) in [7, 11) is 2.20. The van der Waals surface area contributed by atoms with Crippen LogP contribution in [0.3, 0.4) is 0 Å². The number of rotatable bonds is 7. The predicted molar refractivity (Wildman–Crippen MR) is 84.3 cm³/mol. The van der Waals surface area contributed by atoms with Gasteiger partial charge in [0.2, 0.25) is 0 Å². The summed E-state index contributed by atoms with van der Waals surface area (Å²) in [6.07, 6.45) is 2.26. The molecule has 1 aromatic carbocycles. The number of halogens is 1. The van der Waals surface area contributed by atoms with Gasteiger partial charge in [0.05, 0.1) is 6.61 Å². The first-order valence-electron chi connectivity index (χ1n) is 7.47. The Labute approximate surface area is 127 Å². The van der Waals surface area contributed by atoms with Crippen molar-refractivity contribution in [3.05, 3.63) is 34.9 Å². The van der Waals surface area contributed by atoms with Gasteiger partial charge in [-0.3, -0.25) is 0 Å². The molecule has 2 unspecified atom stereocenters. The Kier molecular flexibility index (Phi) is 6.30. The van der Waals surface area contributed by atoms with Crippen LogP contribution in [0, 0.1) is 0 Å². The van der Waals surface area contributed by atoms with Gasteiger partial charge >= 0.3 is 0 Å². The summed E-state index contributed by atoms with van der Waals surface area (Å²) >= 11 is 5.96. The minimum atomic E-state index is 0.391. The molecule has 1 heterocycles. The molecule has 0 radical (unpaired) electrons. The van der Waals surface area contributed by atoms with Crippen molar-refractivity contribution in [3.63, 3.8) is 0 Å². The first kappa shape index (κ1) is 15.8. The molecule has 1 aromatic rings. The lowest BCUT2D eigenvalue weighted by Gasteiger charge is -2.26. The smallest absolute Gasteiger partial charge is 0.0622 e. The molecular formula is C16H25ClN2O. The molecule has 2 rings (SSSR count). The zero-order chi connectivity index (χ0) is 14.4. The topological polar surface area (TPSA) is 24.5 Å². The number of hydrogen-bond acceptors (Lipinski definition) is 3. The van der Waals surface area contributed by atoms with E-state index in [1.54, 1.807) is 0 Å². The van der Waals surface area contributed by atoms with E-state index in [0.717, 1.165) is 44.2 Å². The quantitative estimate of drug-likeness (QED) is 0.837. The number of likely N-dealkylation sites (N-methyl/N-ethyl adjacent to an activating group) is 1. The SMILES string of the molecule is CCNC(CCN(C)C1CCOC1)c1ccc(Cl)cc1. The first-order valence-corrected chi connectivity index (χ1v) is 7.85. The largest absolute Gasteiger partial charge is 0.380 e. The lowest BCUT2D eigenvalue weighted by atomic mass is 10.0. The van der Waals surface area contributed by atoms with Crippen molar-refractivity contribution in [2.75, 3.05) is 33.4 Å². The van der Waals surface area contributed by atoms with Crippen molar-refractivity contribution in [2.24, 2.45) is 0 Å². The monoisotopic (exact) mass is 296 g/mol. The van der Waals surface area contributed by atoms with Crippen LogP contribution in [0.1, 0.15) is 31.4 Å². The normalized spacial score (nSPS) is 20.5. The molecule has 1 aliphatic heterocycles. The third-order valence-corrected chi connectivity index (χ3v) is 4.27.